The van der Waals surface area contributed by atoms with Crippen LogP contribution in [0.3, 0.4) is 0 Å². The van der Waals surface area contributed by atoms with Crippen molar-refractivity contribution in [2.45, 2.75) is 12.8 Å². The molecular formula is C15H10F2O2. The number of rotatable bonds is 1. The Morgan fingerprint density at radius 1 is 1.05 bits per heavy atom. The summed E-state index contributed by atoms with van der Waals surface area (Å²) < 4.78 is 28.7. The van der Waals surface area contributed by atoms with Crippen LogP contribution in [0.25, 0.3) is 11.1 Å². The van der Waals surface area contributed by atoms with Crippen molar-refractivity contribution in [3.63, 3.8) is 0 Å². The lowest BCUT2D eigenvalue weighted by Gasteiger charge is -2.12. The smallest absolute Gasteiger partial charge is 0.335 e. The van der Waals surface area contributed by atoms with E-state index in [9.17, 15) is 13.6 Å². The highest BCUT2D eigenvalue weighted by atomic mass is 19.3. The molecule has 96 valence electrons. The second-order valence-electron chi connectivity index (χ2n) is 4.69. The summed E-state index contributed by atoms with van der Waals surface area (Å²) in [7, 11) is 0. The molecule has 0 saturated heterocycles. The first-order chi connectivity index (χ1) is 8.91. The molecule has 2 nitrogen and oxygen atoms in total. The highest BCUT2D eigenvalue weighted by Crippen LogP contribution is 2.51. The van der Waals surface area contributed by atoms with Crippen LogP contribution in [0.4, 0.5) is 8.78 Å². The van der Waals surface area contributed by atoms with Crippen LogP contribution in [-0.4, -0.2) is 11.1 Å². The minimum atomic E-state index is -3.14. The topological polar surface area (TPSA) is 37.3 Å². The lowest BCUT2D eigenvalue weighted by Crippen LogP contribution is -2.12. The van der Waals surface area contributed by atoms with E-state index in [2.05, 4.69) is 0 Å². The van der Waals surface area contributed by atoms with Gasteiger partial charge in [-0.1, -0.05) is 23.8 Å². The third-order valence-electron chi connectivity index (χ3n) is 3.41. The van der Waals surface area contributed by atoms with E-state index in [1.807, 2.05) is 0 Å². The summed E-state index contributed by atoms with van der Waals surface area (Å²) in [6, 6.07) is 8.75. The number of fused-ring (bicyclic) bond motifs is 3. The van der Waals surface area contributed by atoms with Gasteiger partial charge in [-0.3, -0.25) is 0 Å². The number of carboxylic acids is 1. The van der Waals surface area contributed by atoms with Crippen LogP contribution in [-0.2, 0) is 5.92 Å². The van der Waals surface area contributed by atoms with E-state index in [1.165, 1.54) is 18.2 Å². The molecule has 1 aliphatic carbocycles. The van der Waals surface area contributed by atoms with Gasteiger partial charge >= 0.3 is 5.97 Å². The highest BCUT2D eigenvalue weighted by Gasteiger charge is 2.44. The summed E-state index contributed by atoms with van der Waals surface area (Å²) in [6.45, 7) is 1.75. The monoisotopic (exact) mass is 260 g/mol. The summed E-state index contributed by atoms with van der Waals surface area (Å²) in [5.74, 6) is -4.34. The van der Waals surface area contributed by atoms with Gasteiger partial charge in [0.1, 0.15) is 0 Å². The fraction of sp³-hybridized carbons (Fsp3) is 0.133. The molecule has 4 heteroatoms. The van der Waals surface area contributed by atoms with Crippen molar-refractivity contribution in [3.05, 3.63) is 58.7 Å². The maximum atomic E-state index is 14.4. The quantitative estimate of drug-likeness (QED) is 0.846. The Morgan fingerprint density at radius 2 is 1.63 bits per heavy atom. The van der Waals surface area contributed by atoms with Crippen molar-refractivity contribution in [1.29, 1.82) is 0 Å². The van der Waals surface area contributed by atoms with E-state index in [-0.39, 0.29) is 16.7 Å². The Labute approximate surface area is 108 Å². The lowest BCUT2D eigenvalue weighted by atomic mass is 10.0. The molecule has 0 radical (unpaired) electrons. The van der Waals surface area contributed by atoms with Gasteiger partial charge in [-0.2, -0.15) is 8.78 Å². The van der Waals surface area contributed by atoms with Crippen molar-refractivity contribution in [1.82, 2.24) is 0 Å². The molecule has 0 bridgehead atoms. The first-order valence-electron chi connectivity index (χ1n) is 5.78. The van der Waals surface area contributed by atoms with E-state index < -0.39 is 11.9 Å². The fourth-order valence-electron chi connectivity index (χ4n) is 2.47. The Kier molecular flexibility index (Phi) is 2.26. The predicted octanol–water partition coefficient (Wildman–Crippen LogP) is 3.81. The van der Waals surface area contributed by atoms with Gasteiger partial charge < -0.3 is 5.11 Å². The van der Waals surface area contributed by atoms with Crippen LogP contribution in [0.15, 0.2) is 36.4 Å². The molecule has 0 atom stereocenters. The molecule has 0 amide bonds. The van der Waals surface area contributed by atoms with E-state index in [1.54, 1.807) is 19.1 Å². The van der Waals surface area contributed by atoms with Crippen LogP contribution in [0.5, 0.6) is 0 Å². The summed E-state index contributed by atoms with van der Waals surface area (Å²) in [6.07, 6.45) is 0. The summed E-state index contributed by atoms with van der Waals surface area (Å²) in [4.78, 5) is 10.9. The molecule has 0 aromatic heterocycles. The van der Waals surface area contributed by atoms with Gasteiger partial charge in [-0.15, -0.1) is 0 Å². The number of aromatic carboxylic acids is 1. The maximum absolute atomic E-state index is 14.4. The molecule has 2 aromatic carbocycles. The zero-order valence-electron chi connectivity index (χ0n) is 10.1. The molecule has 19 heavy (non-hydrogen) atoms. The SMILES string of the molecule is Cc1ccc2c(c1)C(F)(F)c1cc(C(=O)O)ccc1-2. The molecule has 0 saturated carbocycles. The number of carboxylic acid groups (broad SMARTS) is 1. The van der Waals surface area contributed by atoms with Crippen molar-refractivity contribution >= 4 is 5.97 Å². The van der Waals surface area contributed by atoms with Crippen molar-refractivity contribution in [2.75, 3.05) is 0 Å². The number of hydrogen-bond acceptors (Lipinski definition) is 1. The molecule has 2 aromatic rings. The van der Waals surface area contributed by atoms with Gasteiger partial charge in [0, 0.05) is 11.1 Å². The van der Waals surface area contributed by atoms with Crippen LogP contribution < -0.4 is 0 Å². The normalized spacial score (nSPS) is 14.9. The van der Waals surface area contributed by atoms with Gasteiger partial charge in [0.05, 0.1) is 5.56 Å². The van der Waals surface area contributed by atoms with Crippen molar-refractivity contribution in [3.8, 4) is 11.1 Å². The van der Waals surface area contributed by atoms with Gasteiger partial charge in [0.25, 0.3) is 5.92 Å². The molecule has 0 heterocycles. The van der Waals surface area contributed by atoms with Crippen LogP contribution in [0.1, 0.15) is 27.0 Å². The minimum absolute atomic E-state index is 0.0509. The molecule has 0 unspecified atom stereocenters. The van der Waals surface area contributed by atoms with Crippen molar-refractivity contribution < 1.29 is 18.7 Å². The Hall–Kier alpha value is -2.23. The Balaban J connectivity index is 2.30. The number of aryl methyl sites for hydroxylation is 1. The van der Waals surface area contributed by atoms with Gasteiger partial charge in [0.15, 0.2) is 0 Å². The fourth-order valence-corrected chi connectivity index (χ4v) is 2.47. The van der Waals surface area contributed by atoms with Crippen LogP contribution in [0.2, 0.25) is 0 Å². The molecule has 0 fully saturated rings. The Morgan fingerprint density at radius 3 is 2.26 bits per heavy atom. The van der Waals surface area contributed by atoms with Gasteiger partial charge in [0.2, 0.25) is 0 Å². The largest absolute Gasteiger partial charge is 0.478 e. The van der Waals surface area contributed by atoms with E-state index in [0.29, 0.717) is 11.1 Å². The number of benzene rings is 2. The Bertz CT molecular complexity index is 705. The molecule has 1 aliphatic rings. The number of halogens is 2. The predicted molar refractivity (Wildman–Crippen MR) is 66.6 cm³/mol. The zero-order chi connectivity index (χ0) is 13.8. The molecule has 1 N–H and O–H groups in total. The summed E-state index contributed by atoms with van der Waals surface area (Å²) in [5, 5.41) is 8.90. The first kappa shape index (κ1) is 11.8. The average Bonchev–Trinajstić information content (AvgIpc) is 2.58. The van der Waals surface area contributed by atoms with Crippen LogP contribution >= 0.6 is 0 Å². The second-order valence-corrected chi connectivity index (χ2v) is 4.69. The third-order valence-corrected chi connectivity index (χ3v) is 3.41. The highest BCUT2D eigenvalue weighted by molar-refractivity contribution is 5.90. The van der Waals surface area contributed by atoms with Crippen molar-refractivity contribution in [2.24, 2.45) is 0 Å². The van der Waals surface area contributed by atoms with Crippen LogP contribution in [0, 0.1) is 6.92 Å². The van der Waals surface area contributed by atoms with Gasteiger partial charge in [-0.25, -0.2) is 4.79 Å². The molecule has 0 aliphatic heterocycles. The van der Waals surface area contributed by atoms with Gasteiger partial charge in [-0.05, 0) is 36.2 Å². The molecular weight excluding hydrogens is 250 g/mol. The lowest BCUT2D eigenvalue weighted by molar-refractivity contribution is 0.0478. The summed E-state index contributed by atoms with van der Waals surface area (Å²) >= 11 is 0. The molecule has 3 rings (SSSR count). The van der Waals surface area contributed by atoms with E-state index in [4.69, 9.17) is 5.11 Å². The summed E-state index contributed by atoms with van der Waals surface area (Å²) in [5.41, 5.74) is 1.23. The van der Waals surface area contributed by atoms with E-state index in [0.717, 1.165) is 11.6 Å². The average molecular weight is 260 g/mol. The number of hydrogen-bond donors (Lipinski definition) is 1. The third kappa shape index (κ3) is 1.56. The standard InChI is InChI=1S/C15H10F2O2/c1-8-2-4-10-11-5-3-9(14(18)19)7-13(11)15(16,17)12(10)6-8/h2-7H,1H3,(H,18,19). The first-order valence-corrected chi connectivity index (χ1v) is 5.78. The molecule has 0 spiro atoms. The zero-order valence-corrected chi connectivity index (χ0v) is 10.1. The minimum Gasteiger partial charge on any atom is -0.478 e. The number of alkyl halides is 2. The number of carbonyl (C=O) groups is 1. The van der Waals surface area contributed by atoms with E-state index >= 15 is 0 Å². The second kappa shape index (κ2) is 3.63. The maximum Gasteiger partial charge on any atom is 0.335 e.